The van der Waals surface area contributed by atoms with Gasteiger partial charge in [-0.25, -0.2) is 4.39 Å². The highest BCUT2D eigenvalue weighted by Gasteiger charge is 2.22. The zero-order chi connectivity index (χ0) is 28.5. The number of hydrogen-bond donors (Lipinski definition) is 0. The van der Waals surface area contributed by atoms with E-state index in [1.165, 1.54) is 62.5 Å². The van der Waals surface area contributed by atoms with Crippen molar-refractivity contribution < 1.29 is 9.18 Å². The van der Waals surface area contributed by atoms with E-state index in [9.17, 15) is 4.79 Å². The summed E-state index contributed by atoms with van der Waals surface area (Å²) in [6.45, 7) is 8.44. The van der Waals surface area contributed by atoms with Crippen molar-refractivity contribution in [1.29, 1.82) is 0 Å². The Kier molecular flexibility index (Phi) is 10.7. The Balaban J connectivity index is 1.32. The third kappa shape index (κ3) is 7.93. The van der Waals surface area contributed by atoms with E-state index in [4.69, 9.17) is 0 Å². The zero-order valence-corrected chi connectivity index (χ0v) is 24.7. The number of aryl methyl sites for hydroxylation is 1. The summed E-state index contributed by atoms with van der Waals surface area (Å²) in [6.07, 6.45) is 12.5. The SMILES string of the molecule is C=C(C)C(=O)N(C)CCCc1ccc(-c2ccc(-c3ccc(C4CCC(CCCCC)CC4)cc3)c(F)c2)cc1. The number of hydrogen-bond acceptors (Lipinski definition) is 1. The smallest absolute Gasteiger partial charge is 0.248 e. The molecule has 0 atom stereocenters. The van der Waals surface area contributed by atoms with Crippen LogP contribution in [0.3, 0.4) is 0 Å². The van der Waals surface area contributed by atoms with Gasteiger partial charge in [0.15, 0.2) is 0 Å². The van der Waals surface area contributed by atoms with E-state index in [-0.39, 0.29) is 11.7 Å². The van der Waals surface area contributed by atoms with Crippen molar-refractivity contribution >= 4 is 5.91 Å². The fourth-order valence-corrected chi connectivity index (χ4v) is 6.14. The van der Waals surface area contributed by atoms with E-state index < -0.39 is 0 Å². The molecule has 40 heavy (non-hydrogen) atoms. The molecule has 1 aliphatic rings. The van der Waals surface area contributed by atoms with Crippen LogP contribution >= 0.6 is 0 Å². The second kappa shape index (κ2) is 14.4. The van der Waals surface area contributed by atoms with Gasteiger partial charge in [-0.05, 0) is 91.2 Å². The Bertz CT molecular complexity index is 1250. The Morgan fingerprint density at radius 3 is 2.15 bits per heavy atom. The number of unbranched alkanes of at least 4 members (excludes halogenated alkanes) is 2. The van der Waals surface area contributed by atoms with Crippen molar-refractivity contribution in [3.8, 4) is 22.3 Å². The minimum absolute atomic E-state index is 0.00725. The number of amides is 1. The number of likely N-dealkylation sites (N-methyl/N-ethyl adjacent to an activating group) is 1. The summed E-state index contributed by atoms with van der Waals surface area (Å²) in [6, 6.07) is 22.5. The minimum Gasteiger partial charge on any atom is -0.342 e. The molecule has 4 rings (SSSR count). The molecule has 0 bridgehead atoms. The first kappa shape index (κ1) is 29.8. The molecule has 1 saturated carbocycles. The number of halogens is 1. The average molecular weight is 540 g/mol. The lowest BCUT2D eigenvalue weighted by molar-refractivity contribution is -0.125. The molecule has 212 valence electrons. The average Bonchev–Trinajstić information content (AvgIpc) is 2.97. The summed E-state index contributed by atoms with van der Waals surface area (Å²) >= 11 is 0. The fourth-order valence-electron chi connectivity index (χ4n) is 6.14. The lowest BCUT2D eigenvalue weighted by atomic mass is 9.77. The first-order valence-electron chi connectivity index (χ1n) is 15.3. The monoisotopic (exact) mass is 539 g/mol. The van der Waals surface area contributed by atoms with Gasteiger partial charge in [0, 0.05) is 24.7 Å². The third-order valence-corrected chi connectivity index (χ3v) is 8.68. The largest absolute Gasteiger partial charge is 0.342 e. The van der Waals surface area contributed by atoms with Gasteiger partial charge >= 0.3 is 0 Å². The summed E-state index contributed by atoms with van der Waals surface area (Å²) in [5.41, 5.74) is 6.65. The Hall–Kier alpha value is -3.20. The number of rotatable bonds is 12. The Labute approximate surface area is 241 Å². The number of carbonyl (C=O) groups excluding carboxylic acids is 1. The van der Waals surface area contributed by atoms with Gasteiger partial charge in [-0.15, -0.1) is 0 Å². The van der Waals surface area contributed by atoms with Gasteiger partial charge in [-0.1, -0.05) is 99.8 Å². The van der Waals surface area contributed by atoms with E-state index >= 15 is 4.39 Å². The fraction of sp³-hybridized carbons (Fsp3) is 0.432. The highest BCUT2D eigenvalue weighted by molar-refractivity contribution is 5.91. The lowest BCUT2D eigenvalue weighted by Gasteiger charge is -2.29. The molecule has 2 nitrogen and oxygen atoms in total. The first-order valence-corrected chi connectivity index (χ1v) is 15.3. The molecule has 0 unspecified atom stereocenters. The number of carbonyl (C=O) groups is 1. The summed E-state index contributed by atoms with van der Waals surface area (Å²) in [5, 5.41) is 0. The van der Waals surface area contributed by atoms with E-state index in [0.29, 0.717) is 23.6 Å². The molecule has 3 aromatic rings. The predicted octanol–water partition coefficient (Wildman–Crippen LogP) is 9.98. The third-order valence-electron chi connectivity index (χ3n) is 8.68. The maximum Gasteiger partial charge on any atom is 0.248 e. The molecular formula is C37H46FNO. The zero-order valence-electron chi connectivity index (χ0n) is 24.7. The van der Waals surface area contributed by atoms with E-state index in [2.05, 4.69) is 62.0 Å². The highest BCUT2D eigenvalue weighted by atomic mass is 19.1. The quantitative estimate of drug-likeness (QED) is 0.166. The van der Waals surface area contributed by atoms with Gasteiger partial charge in [-0.2, -0.15) is 0 Å². The van der Waals surface area contributed by atoms with Crippen molar-refractivity contribution in [2.45, 2.75) is 84.0 Å². The molecule has 1 amide bonds. The maximum absolute atomic E-state index is 15.3. The molecule has 3 aromatic carbocycles. The van der Waals surface area contributed by atoms with E-state index in [1.54, 1.807) is 17.9 Å². The Morgan fingerprint density at radius 2 is 1.52 bits per heavy atom. The van der Waals surface area contributed by atoms with Gasteiger partial charge < -0.3 is 4.90 Å². The highest BCUT2D eigenvalue weighted by Crippen LogP contribution is 2.38. The van der Waals surface area contributed by atoms with Crippen LogP contribution in [-0.2, 0) is 11.2 Å². The topological polar surface area (TPSA) is 20.3 Å². The number of benzene rings is 3. The van der Waals surface area contributed by atoms with Gasteiger partial charge in [0.1, 0.15) is 5.82 Å². The van der Waals surface area contributed by atoms with Gasteiger partial charge in [0.05, 0.1) is 0 Å². The second-order valence-corrected chi connectivity index (χ2v) is 11.8. The van der Waals surface area contributed by atoms with Crippen LogP contribution in [0.2, 0.25) is 0 Å². The normalized spacial score (nSPS) is 17.0. The molecule has 0 aromatic heterocycles. The van der Waals surface area contributed by atoms with Gasteiger partial charge in [0.25, 0.3) is 0 Å². The summed E-state index contributed by atoms with van der Waals surface area (Å²) in [7, 11) is 1.81. The van der Waals surface area contributed by atoms with Crippen molar-refractivity contribution in [3.63, 3.8) is 0 Å². The van der Waals surface area contributed by atoms with Crippen molar-refractivity contribution in [1.82, 2.24) is 4.90 Å². The molecule has 1 aliphatic carbocycles. The summed E-state index contributed by atoms with van der Waals surface area (Å²) in [5.74, 6) is 1.36. The van der Waals surface area contributed by atoms with Crippen LogP contribution < -0.4 is 0 Å². The van der Waals surface area contributed by atoms with Crippen LogP contribution in [-0.4, -0.2) is 24.4 Å². The van der Waals surface area contributed by atoms with Gasteiger partial charge in [-0.3, -0.25) is 4.79 Å². The molecular weight excluding hydrogens is 493 g/mol. The van der Waals surface area contributed by atoms with Crippen LogP contribution in [0.1, 0.15) is 88.7 Å². The number of nitrogens with zero attached hydrogens (tertiary/aromatic N) is 1. The van der Waals surface area contributed by atoms with Crippen LogP contribution in [0, 0.1) is 11.7 Å². The van der Waals surface area contributed by atoms with Crippen molar-refractivity contribution in [3.05, 3.63) is 95.8 Å². The molecule has 0 heterocycles. The van der Waals surface area contributed by atoms with Crippen LogP contribution in [0.5, 0.6) is 0 Å². The maximum atomic E-state index is 15.3. The molecule has 0 spiro atoms. The Morgan fingerprint density at radius 1 is 0.875 bits per heavy atom. The minimum atomic E-state index is -0.188. The molecule has 0 radical (unpaired) electrons. The molecule has 0 saturated heterocycles. The molecule has 0 aliphatic heterocycles. The molecule has 3 heteroatoms. The van der Waals surface area contributed by atoms with Crippen molar-refractivity contribution in [2.75, 3.05) is 13.6 Å². The first-order chi connectivity index (χ1) is 19.4. The second-order valence-electron chi connectivity index (χ2n) is 11.8. The van der Waals surface area contributed by atoms with Crippen molar-refractivity contribution in [2.24, 2.45) is 5.92 Å². The van der Waals surface area contributed by atoms with E-state index in [1.807, 2.05) is 19.2 Å². The van der Waals surface area contributed by atoms with Crippen LogP contribution in [0.4, 0.5) is 4.39 Å². The lowest BCUT2D eigenvalue weighted by Crippen LogP contribution is -2.28. The van der Waals surface area contributed by atoms with Gasteiger partial charge in [0.2, 0.25) is 5.91 Å². The van der Waals surface area contributed by atoms with Crippen LogP contribution in [0.15, 0.2) is 78.9 Å². The van der Waals surface area contributed by atoms with E-state index in [0.717, 1.165) is 35.4 Å². The molecule has 0 N–H and O–H groups in total. The summed E-state index contributed by atoms with van der Waals surface area (Å²) in [4.78, 5) is 13.7. The predicted molar refractivity (Wildman–Crippen MR) is 167 cm³/mol. The molecule has 1 fully saturated rings. The van der Waals surface area contributed by atoms with Crippen LogP contribution in [0.25, 0.3) is 22.3 Å². The standard InChI is InChI=1S/C37H46FNO/c1-5-6-7-9-28-11-15-30(16-12-28)31-19-21-33(22-20-31)35-24-23-34(26-36(35)38)32-17-13-29(14-18-32)10-8-25-39(4)37(40)27(2)3/h13-14,17-24,26,28,30H,2,5-12,15-16,25H2,1,3-4H3. The summed E-state index contributed by atoms with van der Waals surface area (Å²) < 4.78 is 15.3.